The van der Waals surface area contributed by atoms with E-state index in [1.54, 1.807) is 4.57 Å². The number of fused-ring (bicyclic) bond motifs is 1. The van der Waals surface area contributed by atoms with E-state index in [1.807, 2.05) is 13.0 Å². The quantitative estimate of drug-likeness (QED) is 0.580. The van der Waals surface area contributed by atoms with Crippen LogP contribution in [0.4, 0.5) is 0 Å². The smallest absolute Gasteiger partial charge is 0.271 e. The van der Waals surface area contributed by atoms with E-state index in [0.717, 1.165) is 18.7 Å². The van der Waals surface area contributed by atoms with E-state index in [-0.39, 0.29) is 17.2 Å². The summed E-state index contributed by atoms with van der Waals surface area (Å²) in [6, 6.07) is 2.03. The summed E-state index contributed by atoms with van der Waals surface area (Å²) in [4.78, 5) is 15.7. The Balaban J connectivity index is 2.72. The molecular formula is C9H9N3O. The summed E-state index contributed by atoms with van der Waals surface area (Å²) in [5.74, 6) is 0.802. The minimum atomic E-state index is -0.197. The number of nitrogens with zero attached hydrogens (tertiary/aromatic N) is 3. The van der Waals surface area contributed by atoms with Gasteiger partial charge < -0.3 is 0 Å². The molecule has 0 radical (unpaired) electrons. The highest BCUT2D eigenvalue weighted by Gasteiger charge is 2.21. The molecule has 4 heteroatoms. The molecule has 4 nitrogen and oxygen atoms in total. The van der Waals surface area contributed by atoms with Crippen LogP contribution in [0.15, 0.2) is 11.0 Å². The van der Waals surface area contributed by atoms with Gasteiger partial charge in [0.05, 0.1) is 6.20 Å². The third-order valence-corrected chi connectivity index (χ3v) is 2.42. The number of aryl methyl sites for hydroxylation is 1. The van der Waals surface area contributed by atoms with Crippen molar-refractivity contribution >= 4 is 0 Å². The van der Waals surface area contributed by atoms with Gasteiger partial charge in [-0.2, -0.15) is 5.26 Å². The van der Waals surface area contributed by atoms with Crippen molar-refractivity contribution in [2.45, 2.75) is 25.8 Å². The van der Waals surface area contributed by atoms with Crippen molar-refractivity contribution in [2.24, 2.45) is 0 Å². The van der Waals surface area contributed by atoms with E-state index < -0.39 is 0 Å². The van der Waals surface area contributed by atoms with Gasteiger partial charge in [0.15, 0.2) is 0 Å². The van der Waals surface area contributed by atoms with E-state index in [1.165, 1.54) is 6.20 Å². The van der Waals surface area contributed by atoms with Crippen molar-refractivity contribution in [3.05, 3.63) is 27.9 Å². The maximum absolute atomic E-state index is 11.6. The van der Waals surface area contributed by atoms with Gasteiger partial charge in [0.1, 0.15) is 17.5 Å². The van der Waals surface area contributed by atoms with Crippen LogP contribution in [0.1, 0.15) is 30.8 Å². The molecule has 0 saturated carbocycles. The lowest BCUT2D eigenvalue weighted by Gasteiger charge is -2.07. The zero-order valence-corrected chi connectivity index (χ0v) is 7.32. The summed E-state index contributed by atoms with van der Waals surface area (Å²) in [5, 5.41) is 8.63. The molecule has 0 amide bonds. The molecule has 66 valence electrons. The maximum atomic E-state index is 11.6. The molecule has 0 bridgehead atoms. The van der Waals surface area contributed by atoms with Crippen molar-refractivity contribution in [3.8, 4) is 6.07 Å². The monoisotopic (exact) mass is 175 g/mol. The number of rotatable bonds is 0. The first kappa shape index (κ1) is 7.99. The Morgan fingerprint density at radius 2 is 2.54 bits per heavy atom. The highest BCUT2D eigenvalue weighted by Crippen LogP contribution is 2.20. The van der Waals surface area contributed by atoms with Gasteiger partial charge in [-0.05, 0) is 13.3 Å². The van der Waals surface area contributed by atoms with Crippen LogP contribution >= 0.6 is 0 Å². The van der Waals surface area contributed by atoms with Gasteiger partial charge >= 0.3 is 0 Å². The average molecular weight is 175 g/mol. The molecule has 0 N–H and O–H groups in total. The summed E-state index contributed by atoms with van der Waals surface area (Å²) in [6.07, 6.45) is 3.14. The predicted molar refractivity (Wildman–Crippen MR) is 46.2 cm³/mol. The Bertz CT molecular complexity index is 441. The van der Waals surface area contributed by atoms with Gasteiger partial charge in [-0.15, -0.1) is 0 Å². The third kappa shape index (κ3) is 1.04. The van der Waals surface area contributed by atoms with Gasteiger partial charge in [-0.3, -0.25) is 9.36 Å². The van der Waals surface area contributed by atoms with Gasteiger partial charge in [0, 0.05) is 12.5 Å². The largest absolute Gasteiger partial charge is 0.293 e. The fourth-order valence-corrected chi connectivity index (χ4v) is 1.69. The molecule has 1 atom stereocenters. The van der Waals surface area contributed by atoms with Crippen molar-refractivity contribution in [1.29, 1.82) is 5.26 Å². The Labute approximate surface area is 75.5 Å². The van der Waals surface area contributed by atoms with E-state index in [9.17, 15) is 4.79 Å². The first-order valence-corrected chi connectivity index (χ1v) is 4.24. The number of hydrogen-bond donors (Lipinski definition) is 0. The topological polar surface area (TPSA) is 58.7 Å². The van der Waals surface area contributed by atoms with Gasteiger partial charge in [-0.25, -0.2) is 4.98 Å². The lowest BCUT2D eigenvalue weighted by molar-refractivity contribution is 0.558. The SMILES string of the molecule is CC1CCc2ncc(C#N)c(=O)n21. The van der Waals surface area contributed by atoms with Crippen molar-refractivity contribution in [3.63, 3.8) is 0 Å². The standard InChI is InChI=1S/C9H9N3O/c1-6-2-3-8-11-5-7(4-10)9(13)12(6)8/h5-6H,2-3H2,1H3. The summed E-state index contributed by atoms with van der Waals surface area (Å²) in [5.41, 5.74) is -0.0602. The van der Waals surface area contributed by atoms with E-state index in [0.29, 0.717) is 0 Å². The molecule has 2 heterocycles. The van der Waals surface area contributed by atoms with Crippen molar-refractivity contribution in [2.75, 3.05) is 0 Å². The summed E-state index contributed by atoms with van der Waals surface area (Å²) in [7, 11) is 0. The van der Waals surface area contributed by atoms with Crippen LogP contribution in [0, 0.1) is 11.3 Å². The molecule has 1 aliphatic heterocycles. The second-order valence-electron chi connectivity index (χ2n) is 3.26. The zero-order valence-electron chi connectivity index (χ0n) is 7.32. The molecule has 1 aliphatic rings. The normalized spacial score (nSPS) is 19.5. The molecule has 1 aromatic heterocycles. The van der Waals surface area contributed by atoms with E-state index >= 15 is 0 Å². The lowest BCUT2D eigenvalue weighted by atomic mass is 10.2. The Morgan fingerprint density at radius 1 is 1.77 bits per heavy atom. The van der Waals surface area contributed by atoms with Crippen LogP contribution in [-0.2, 0) is 6.42 Å². The molecule has 0 aliphatic carbocycles. The van der Waals surface area contributed by atoms with Gasteiger partial charge in [0.2, 0.25) is 0 Å². The van der Waals surface area contributed by atoms with Crippen LogP contribution in [0.5, 0.6) is 0 Å². The average Bonchev–Trinajstić information content (AvgIpc) is 2.49. The van der Waals surface area contributed by atoms with Crippen LogP contribution in [0.25, 0.3) is 0 Å². The van der Waals surface area contributed by atoms with Crippen LogP contribution < -0.4 is 5.56 Å². The molecule has 0 aromatic carbocycles. The zero-order chi connectivity index (χ0) is 9.42. The number of aromatic nitrogens is 2. The second kappa shape index (κ2) is 2.70. The molecule has 13 heavy (non-hydrogen) atoms. The molecular weight excluding hydrogens is 166 g/mol. The van der Waals surface area contributed by atoms with E-state index in [4.69, 9.17) is 5.26 Å². The molecule has 2 rings (SSSR count). The molecule has 1 aromatic rings. The Kier molecular flexibility index (Phi) is 1.66. The molecule has 0 spiro atoms. The maximum Gasteiger partial charge on any atom is 0.271 e. The van der Waals surface area contributed by atoms with Gasteiger partial charge in [0.25, 0.3) is 5.56 Å². The number of hydrogen-bond acceptors (Lipinski definition) is 3. The van der Waals surface area contributed by atoms with Crippen LogP contribution in [-0.4, -0.2) is 9.55 Å². The highest BCUT2D eigenvalue weighted by molar-refractivity contribution is 5.24. The van der Waals surface area contributed by atoms with Crippen LogP contribution in [0.2, 0.25) is 0 Å². The highest BCUT2D eigenvalue weighted by atomic mass is 16.1. The summed E-state index contributed by atoms with van der Waals surface area (Å²) < 4.78 is 1.62. The van der Waals surface area contributed by atoms with Gasteiger partial charge in [-0.1, -0.05) is 0 Å². The predicted octanol–water partition coefficient (Wildman–Crippen LogP) is 0.622. The third-order valence-electron chi connectivity index (χ3n) is 2.42. The summed E-state index contributed by atoms with van der Waals surface area (Å²) in [6.45, 7) is 1.97. The first-order chi connectivity index (χ1) is 6.24. The lowest BCUT2D eigenvalue weighted by Crippen LogP contribution is -2.24. The van der Waals surface area contributed by atoms with Crippen LogP contribution in [0.3, 0.4) is 0 Å². The fraction of sp³-hybridized carbons (Fsp3) is 0.444. The fourth-order valence-electron chi connectivity index (χ4n) is 1.69. The molecule has 0 saturated heterocycles. The Hall–Kier alpha value is -1.63. The minimum Gasteiger partial charge on any atom is -0.293 e. The summed E-state index contributed by atoms with van der Waals surface area (Å²) >= 11 is 0. The first-order valence-electron chi connectivity index (χ1n) is 4.24. The number of nitriles is 1. The second-order valence-corrected chi connectivity index (χ2v) is 3.26. The molecule has 0 fully saturated rings. The Morgan fingerprint density at radius 3 is 3.23 bits per heavy atom. The van der Waals surface area contributed by atoms with Crippen molar-refractivity contribution in [1.82, 2.24) is 9.55 Å². The van der Waals surface area contributed by atoms with Crippen molar-refractivity contribution < 1.29 is 0 Å². The molecule has 1 unspecified atom stereocenters. The minimum absolute atomic E-state index is 0.137. The van der Waals surface area contributed by atoms with E-state index in [2.05, 4.69) is 4.98 Å².